The second kappa shape index (κ2) is 6.01. The zero-order valence-corrected chi connectivity index (χ0v) is 14.1. The molecule has 24 heavy (non-hydrogen) atoms. The summed E-state index contributed by atoms with van der Waals surface area (Å²) in [6, 6.07) is 1.95. The van der Waals surface area contributed by atoms with Gasteiger partial charge in [-0.25, -0.2) is 4.68 Å². The quantitative estimate of drug-likeness (QED) is 0.837. The van der Waals surface area contributed by atoms with E-state index in [0.717, 1.165) is 30.7 Å². The van der Waals surface area contributed by atoms with Gasteiger partial charge in [0, 0.05) is 20.1 Å². The van der Waals surface area contributed by atoms with Crippen LogP contribution in [-0.4, -0.2) is 54.8 Å². The number of amides is 1. The number of nitrogens with zero attached hydrogens (tertiary/aromatic N) is 6. The van der Waals surface area contributed by atoms with E-state index in [1.54, 1.807) is 10.9 Å². The Balaban J connectivity index is 1.55. The number of fused-ring (bicyclic) bond motifs is 3. The minimum Gasteiger partial charge on any atom is -0.370 e. The molecule has 0 radical (unpaired) electrons. The van der Waals surface area contributed by atoms with Gasteiger partial charge < -0.3 is 9.64 Å². The molecule has 8 heteroatoms. The SMILES string of the molecule is CCCc1cc(C(=O)N2CC[C@@H]3OCc4cnnn4[C@@H]3C2)n(C)n1. The molecule has 4 heterocycles. The summed E-state index contributed by atoms with van der Waals surface area (Å²) in [6.45, 7) is 3.94. The van der Waals surface area contributed by atoms with E-state index in [1.165, 1.54) is 0 Å². The van der Waals surface area contributed by atoms with Gasteiger partial charge in [0.25, 0.3) is 5.91 Å². The molecule has 8 nitrogen and oxygen atoms in total. The number of ether oxygens (including phenoxy) is 1. The monoisotopic (exact) mass is 330 g/mol. The van der Waals surface area contributed by atoms with Crippen LogP contribution < -0.4 is 0 Å². The standard InChI is InChI=1S/C16H22N6O2/c1-3-4-11-7-13(20(2)18-11)16(23)21-6-5-15-14(9-21)22-12(10-24-15)8-17-19-22/h7-8,14-15H,3-6,9-10H2,1-2H3/t14-,15+/m1/s1. The van der Waals surface area contributed by atoms with Gasteiger partial charge >= 0.3 is 0 Å². The highest BCUT2D eigenvalue weighted by molar-refractivity contribution is 5.92. The van der Waals surface area contributed by atoms with Gasteiger partial charge in [-0.05, 0) is 18.9 Å². The van der Waals surface area contributed by atoms with Crippen LogP contribution in [0.2, 0.25) is 0 Å². The van der Waals surface area contributed by atoms with Crippen LogP contribution in [0.4, 0.5) is 0 Å². The van der Waals surface area contributed by atoms with E-state index in [-0.39, 0.29) is 18.1 Å². The highest BCUT2D eigenvalue weighted by Gasteiger charge is 2.38. The van der Waals surface area contributed by atoms with Crippen molar-refractivity contribution in [3.8, 4) is 0 Å². The maximum atomic E-state index is 12.9. The van der Waals surface area contributed by atoms with Gasteiger partial charge in [0.1, 0.15) is 5.69 Å². The predicted molar refractivity (Wildman–Crippen MR) is 85.4 cm³/mol. The van der Waals surface area contributed by atoms with Crippen molar-refractivity contribution >= 4 is 5.91 Å². The molecule has 1 saturated heterocycles. The van der Waals surface area contributed by atoms with E-state index in [9.17, 15) is 4.79 Å². The molecule has 4 rings (SSSR count). The molecule has 0 bridgehead atoms. The number of carbonyl (C=O) groups excluding carboxylic acids is 1. The zero-order valence-electron chi connectivity index (χ0n) is 14.1. The van der Waals surface area contributed by atoms with Crippen molar-refractivity contribution in [1.82, 2.24) is 29.7 Å². The van der Waals surface area contributed by atoms with Crippen molar-refractivity contribution in [3.63, 3.8) is 0 Å². The summed E-state index contributed by atoms with van der Waals surface area (Å²) in [6.07, 6.45) is 4.56. The van der Waals surface area contributed by atoms with E-state index < -0.39 is 0 Å². The molecule has 0 spiro atoms. The highest BCUT2D eigenvalue weighted by atomic mass is 16.5. The lowest BCUT2D eigenvalue weighted by Gasteiger charge is -2.40. The second-order valence-corrected chi connectivity index (χ2v) is 6.52. The first-order chi connectivity index (χ1) is 11.7. The van der Waals surface area contributed by atoms with Crippen molar-refractivity contribution in [2.45, 2.75) is 44.9 Å². The normalized spacial score (nSPS) is 23.0. The van der Waals surface area contributed by atoms with E-state index in [2.05, 4.69) is 22.3 Å². The number of carbonyl (C=O) groups is 1. The van der Waals surface area contributed by atoms with E-state index in [0.29, 0.717) is 25.4 Å². The van der Waals surface area contributed by atoms with Crippen molar-refractivity contribution in [3.05, 3.63) is 29.3 Å². The van der Waals surface area contributed by atoms with Crippen LogP contribution in [0, 0.1) is 0 Å². The van der Waals surface area contributed by atoms with E-state index >= 15 is 0 Å². The molecule has 0 aliphatic carbocycles. The molecule has 0 N–H and O–H groups in total. The molecule has 2 aromatic rings. The Morgan fingerprint density at radius 3 is 3.17 bits per heavy atom. The maximum absolute atomic E-state index is 12.9. The average Bonchev–Trinajstić information content (AvgIpc) is 3.20. The lowest BCUT2D eigenvalue weighted by atomic mass is 10.00. The molecule has 0 unspecified atom stereocenters. The predicted octanol–water partition coefficient (Wildman–Crippen LogP) is 0.950. The lowest BCUT2D eigenvalue weighted by Crippen LogP contribution is -2.50. The minimum absolute atomic E-state index is 0.0260. The van der Waals surface area contributed by atoms with Crippen molar-refractivity contribution in [1.29, 1.82) is 0 Å². The van der Waals surface area contributed by atoms with Crippen LogP contribution in [0.5, 0.6) is 0 Å². The van der Waals surface area contributed by atoms with Crippen LogP contribution in [0.25, 0.3) is 0 Å². The summed E-state index contributed by atoms with van der Waals surface area (Å²) in [7, 11) is 1.83. The largest absolute Gasteiger partial charge is 0.370 e. The summed E-state index contributed by atoms with van der Waals surface area (Å²) < 4.78 is 9.51. The van der Waals surface area contributed by atoms with Gasteiger partial charge in [0.15, 0.2) is 0 Å². The highest BCUT2D eigenvalue weighted by Crippen LogP contribution is 2.30. The van der Waals surface area contributed by atoms with Gasteiger partial charge in [-0.2, -0.15) is 5.10 Å². The smallest absolute Gasteiger partial charge is 0.272 e. The molecular weight excluding hydrogens is 308 g/mol. The van der Waals surface area contributed by atoms with Crippen LogP contribution in [0.1, 0.15) is 47.7 Å². The molecule has 2 aliphatic rings. The maximum Gasteiger partial charge on any atom is 0.272 e. The van der Waals surface area contributed by atoms with Gasteiger partial charge in [-0.15, -0.1) is 5.10 Å². The number of rotatable bonds is 3. The summed E-state index contributed by atoms with van der Waals surface area (Å²) in [5.74, 6) is 0.0260. The minimum atomic E-state index is 0.0260. The summed E-state index contributed by atoms with van der Waals surface area (Å²) >= 11 is 0. The van der Waals surface area contributed by atoms with E-state index in [4.69, 9.17) is 4.74 Å². The summed E-state index contributed by atoms with van der Waals surface area (Å²) in [5.41, 5.74) is 2.58. The Hall–Kier alpha value is -2.22. The Bertz CT molecular complexity index is 752. The number of hydrogen-bond donors (Lipinski definition) is 0. The van der Waals surface area contributed by atoms with Crippen LogP contribution in [0.15, 0.2) is 12.3 Å². The molecule has 2 atom stereocenters. The van der Waals surface area contributed by atoms with Crippen molar-refractivity contribution < 1.29 is 9.53 Å². The van der Waals surface area contributed by atoms with Gasteiger partial charge in [-0.3, -0.25) is 9.48 Å². The molecule has 2 aromatic heterocycles. The first-order valence-electron chi connectivity index (χ1n) is 8.50. The number of aryl methyl sites for hydroxylation is 2. The Kier molecular flexibility index (Phi) is 3.84. The Morgan fingerprint density at radius 1 is 1.46 bits per heavy atom. The molecular formula is C16H22N6O2. The Labute approximate surface area is 140 Å². The molecule has 0 saturated carbocycles. The average molecular weight is 330 g/mol. The van der Waals surface area contributed by atoms with E-state index in [1.807, 2.05) is 22.7 Å². The molecule has 1 amide bonds. The fourth-order valence-electron chi connectivity index (χ4n) is 3.63. The third kappa shape index (κ3) is 2.50. The summed E-state index contributed by atoms with van der Waals surface area (Å²) in [4.78, 5) is 14.8. The fourth-order valence-corrected chi connectivity index (χ4v) is 3.63. The Morgan fingerprint density at radius 2 is 2.33 bits per heavy atom. The number of aromatic nitrogens is 5. The van der Waals surface area contributed by atoms with Gasteiger partial charge in [0.2, 0.25) is 0 Å². The first kappa shape index (κ1) is 15.3. The molecule has 128 valence electrons. The molecule has 0 aromatic carbocycles. The third-order valence-electron chi connectivity index (χ3n) is 4.87. The summed E-state index contributed by atoms with van der Waals surface area (Å²) in [5, 5.41) is 12.6. The van der Waals surface area contributed by atoms with Crippen LogP contribution in [-0.2, 0) is 24.8 Å². The molecule has 2 aliphatic heterocycles. The second-order valence-electron chi connectivity index (χ2n) is 6.52. The topological polar surface area (TPSA) is 78.1 Å². The molecule has 1 fully saturated rings. The van der Waals surface area contributed by atoms with Crippen molar-refractivity contribution in [2.75, 3.05) is 13.1 Å². The third-order valence-corrected chi connectivity index (χ3v) is 4.87. The first-order valence-corrected chi connectivity index (χ1v) is 8.50. The fraction of sp³-hybridized carbons (Fsp3) is 0.625. The number of likely N-dealkylation sites (tertiary alicyclic amines) is 1. The van der Waals surface area contributed by atoms with Crippen molar-refractivity contribution in [2.24, 2.45) is 7.05 Å². The zero-order chi connectivity index (χ0) is 16.7. The van der Waals surface area contributed by atoms with Crippen LogP contribution >= 0.6 is 0 Å². The lowest BCUT2D eigenvalue weighted by molar-refractivity contribution is -0.0606. The van der Waals surface area contributed by atoms with Crippen LogP contribution in [0.3, 0.4) is 0 Å². The number of hydrogen-bond acceptors (Lipinski definition) is 5. The van der Waals surface area contributed by atoms with Gasteiger partial charge in [-0.1, -0.05) is 18.6 Å². The van der Waals surface area contributed by atoms with Gasteiger partial charge in [0.05, 0.1) is 36.3 Å². The number of piperidine rings is 1.